The summed E-state index contributed by atoms with van der Waals surface area (Å²) in [5, 5.41) is 5.82. The lowest BCUT2D eigenvalue weighted by molar-refractivity contribution is -0.119. The van der Waals surface area contributed by atoms with E-state index in [-0.39, 0.29) is 5.91 Å². The third kappa shape index (κ3) is 5.99. The van der Waals surface area contributed by atoms with E-state index in [1.54, 1.807) is 7.11 Å². The molecule has 0 atom stereocenters. The average Bonchev–Trinajstić information content (AvgIpc) is 2.30. The van der Waals surface area contributed by atoms with Gasteiger partial charge in [0.05, 0.1) is 13.0 Å². The van der Waals surface area contributed by atoms with Crippen molar-refractivity contribution in [1.82, 2.24) is 10.6 Å². The van der Waals surface area contributed by atoms with Crippen LogP contribution in [0.15, 0.2) is 30.3 Å². The van der Waals surface area contributed by atoms with Crippen molar-refractivity contribution in [3.8, 4) is 0 Å². The minimum Gasteiger partial charge on any atom is -0.383 e. The number of amides is 1. The molecule has 17 heavy (non-hydrogen) atoms. The molecule has 0 aliphatic heterocycles. The van der Waals surface area contributed by atoms with Gasteiger partial charge >= 0.3 is 0 Å². The van der Waals surface area contributed by atoms with E-state index in [2.05, 4.69) is 10.6 Å². The highest BCUT2D eigenvalue weighted by molar-refractivity contribution is 7.80. The fraction of sp³-hybridized carbons (Fsp3) is 0.333. The van der Waals surface area contributed by atoms with Crippen molar-refractivity contribution < 1.29 is 9.53 Å². The third-order valence-electron chi connectivity index (χ3n) is 2.05. The molecule has 0 fully saturated rings. The smallest absolute Gasteiger partial charge is 0.230 e. The van der Waals surface area contributed by atoms with Gasteiger partial charge in [-0.15, -0.1) is 0 Å². The molecule has 0 heterocycles. The maximum atomic E-state index is 11.6. The van der Waals surface area contributed by atoms with Crippen LogP contribution < -0.4 is 10.6 Å². The highest BCUT2D eigenvalue weighted by Crippen LogP contribution is 1.98. The predicted molar refractivity (Wildman–Crippen MR) is 70.8 cm³/mol. The maximum Gasteiger partial charge on any atom is 0.230 e. The van der Waals surface area contributed by atoms with Gasteiger partial charge in [0.25, 0.3) is 0 Å². The molecule has 1 amide bonds. The molecule has 0 saturated carbocycles. The van der Waals surface area contributed by atoms with Gasteiger partial charge in [0, 0.05) is 13.7 Å². The molecule has 0 radical (unpaired) electrons. The van der Waals surface area contributed by atoms with Crippen LogP contribution in [0.5, 0.6) is 0 Å². The molecular weight excluding hydrogens is 236 g/mol. The van der Waals surface area contributed by atoms with Crippen molar-refractivity contribution in [1.29, 1.82) is 0 Å². The number of methoxy groups -OCH3 is 1. The molecule has 1 aromatic rings. The van der Waals surface area contributed by atoms with Crippen LogP contribution in [-0.2, 0) is 16.0 Å². The van der Waals surface area contributed by atoms with Crippen LogP contribution in [0, 0.1) is 0 Å². The number of nitrogens with one attached hydrogen (secondary N) is 2. The SMILES string of the molecule is COCCNC(=S)NC(=O)Cc1ccccc1. The summed E-state index contributed by atoms with van der Waals surface area (Å²) in [4.78, 5) is 11.6. The summed E-state index contributed by atoms with van der Waals surface area (Å²) < 4.78 is 4.86. The number of carbonyl (C=O) groups is 1. The van der Waals surface area contributed by atoms with Crippen molar-refractivity contribution in [3.05, 3.63) is 35.9 Å². The Hall–Kier alpha value is -1.46. The van der Waals surface area contributed by atoms with Gasteiger partial charge in [-0.1, -0.05) is 30.3 Å². The van der Waals surface area contributed by atoms with E-state index in [4.69, 9.17) is 17.0 Å². The van der Waals surface area contributed by atoms with Crippen LogP contribution in [0.25, 0.3) is 0 Å². The van der Waals surface area contributed by atoms with Crippen molar-refractivity contribution in [3.63, 3.8) is 0 Å². The molecule has 1 rings (SSSR count). The van der Waals surface area contributed by atoms with E-state index in [1.807, 2.05) is 30.3 Å². The topological polar surface area (TPSA) is 50.4 Å². The van der Waals surface area contributed by atoms with Gasteiger partial charge in [0.15, 0.2) is 5.11 Å². The Kier molecular flexibility index (Phi) is 6.21. The Morgan fingerprint density at radius 2 is 2.06 bits per heavy atom. The molecule has 0 aliphatic rings. The summed E-state index contributed by atoms with van der Waals surface area (Å²) in [5.74, 6) is -0.119. The first-order valence-corrected chi connectivity index (χ1v) is 5.73. The van der Waals surface area contributed by atoms with Crippen LogP contribution in [0.4, 0.5) is 0 Å². The number of carbonyl (C=O) groups excluding carboxylic acids is 1. The lowest BCUT2D eigenvalue weighted by Crippen LogP contribution is -2.41. The minimum absolute atomic E-state index is 0.119. The Morgan fingerprint density at radius 1 is 1.35 bits per heavy atom. The summed E-state index contributed by atoms with van der Waals surface area (Å²) >= 11 is 4.96. The maximum absolute atomic E-state index is 11.6. The van der Waals surface area contributed by atoms with E-state index in [0.717, 1.165) is 5.56 Å². The fourth-order valence-corrected chi connectivity index (χ4v) is 1.48. The number of hydrogen-bond acceptors (Lipinski definition) is 3. The highest BCUT2D eigenvalue weighted by atomic mass is 32.1. The standard InChI is InChI=1S/C12H16N2O2S/c1-16-8-7-13-12(17)14-11(15)9-10-5-3-2-4-6-10/h2-6H,7-9H2,1H3,(H2,13,14,15,17). The molecular formula is C12H16N2O2S. The molecule has 92 valence electrons. The lowest BCUT2D eigenvalue weighted by Gasteiger charge is -2.08. The molecule has 0 aliphatic carbocycles. The quantitative estimate of drug-likeness (QED) is 0.603. The highest BCUT2D eigenvalue weighted by Gasteiger charge is 2.04. The van der Waals surface area contributed by atoms with Crippen LogP contribution in [0.2, 0.25) is 0 Å². The van der Waals surface area contributed by atoms with Gasteiger partial charge in [-0.2, -0.15) is 0 Å². The van der Waals surface area contributed by atoms with Crippen molar-refractivity contribution in [2.45, 2.75) is 6.42 Å². The van der Waals surface area contributed by atoms with E-state index in [9.17, 15) is 4.79 Å². The number of ether oxygens (including phenoxy) is 1. The first-order chi connectivity index (χ1) is 8.22. The Balaban J connectivity index is 2.27. The summed E-state index contributed by atoms with van der Waals surface area (Å²) in [6, 6.07) is 9.52. The summed E-state index contributed by atoms with van der Waals surface area (Å²) in [6.07, 6.45) is 0.326. The van der Waals surface area contributed by atoms with Crippen molar-refractivity contribution in [2.75, 3.05) is 20.3 Å². The largest absolute Gasteiger partial charge is 0.383 e. The zero-order valence-electron chi connectivity index (χ0n) is 9.73. The normalized spacial score (nSPS) is 9.71. The lowest BCUT2D eigenvalue weighted by atomic mass is 10.1. The Bertz CT molecular complexity index is 368. The van der Waals surface area contributed by atoms with Gasteiger partial charge in [0.1, 0.15) is 0 Å². The van der Waals surface area contributed by atoms with E-state index in [0.29, 0.717) is 24.7 Å². The molecule has 5 heteroatoms. The third-order valence-corrected chi connectivity index (χ3v) is 2.30. The molecule has 4 nitrogen and oxygen atoms in total. The van der Waals surface area contributed by atoms with Crippen LogP contribution in [-0.4, -0.2) is 31.3 Å². The first kappa shape index (κ1) is 13.6. The molecule has 0 aromatic heterocycles. The van der Waals surface area contributed by atoms with Gasteiger partial charge in [-0.3, -0.25) is 4.79 Å². The van der Waals surface area contributed by atoms with E-state index in [1.165, 1.54) is 0 Å². The van der Waals surface area contributed by atoms with E-state index >= 15 is 0 Å². The second-order valence-electron chi connectivity index (χ2n) is 3.46. The van der Waals surface area contributed by atoms with Crippen molar-refractivity contribution in [2.24, 2.45) is 0 Å². The average molecular weight is 252 g/mol. The number of hydrogen-bond donors (Lipinski definition) is 2. The second kappa shape index (κ2) is 7.76. The minimum atomic E-state index is -0.119. The number of thiocarbonyl (C=S) groups is 1. The zero-order chi connectivity index (χ0) is 12.5. The Morgan fingerprint density at radius 3 is 2.71 bits per heavy atom. The molecule has 1 aromatic carbocycles. The molecule has 0 unspecified atom stereocenters. The van der Waals surface area contributed by atoms with Gasteiger partial charge in [-0.25, -0.2) is 0 Å². The van der Waals surface area contributed by atoms with E-state index < -0.39 is 0 Å². The summed E-state index contributed by atoms with van der Waals surface area (Å²) in [7, 11) is 1.61. The fourth-order valence-electron chi connectivity index (χ4n) is 1.26. The summed E-state index contributed by atoms with van der Waals surface area (Å²) in [6.45, 7) is 1.13. The van der Waals surface area contributed by atoms with Crippen LogP contribution >= 0.6 is 12.2 Å². The van der Waals surface area contributed by atoms with Crippen LogP contribution in [0.1, 0.15) is 5.56 Å². The molecule has 0 spiro atoms. The second-order valence-corrected chi connectivity index (χ2v) is 3.87. The molecule has 0 bridgehead atoms. The predicted octanol–water partition coefficient (Wildman–Crippen LogP) is 0.866. The molecule has 0 saturated heterocycles. The first-order valence-electron chi connectivity index (χ1n) is 5.33. The monoisotopic (exact) mass is 252 g/mol. The zero-order valence-corrected chi connectivity index (χ0v) is 10.5. The van der Waals surface area contributed by atoms with Crippen LogP contribution in [0.3, 0.4) is 0 Å². The van der Waals surface area contributed by atoms with Gasteiger partial charge < -0.3 is 15.4 Å². The summed E-state index contributed by atoms with van der Waals surface area (Å²) in [5.41, 5.74) is 0.963. The number of benzene rings is 1. The van der Waals surface area contributed by atoms with Crippen molar-refractivity contribution >= 4 is 23.2 Å². The van der Waals surface area contributed by atoms with Gasteiger partial charge in [-0.05, 0) is 17.8 Å². The van der Waals surface area contributed by atoms with Gasteiger partial charge in [0.2, 0.25) is 5.91 Å². The Labute approximate surface area is 106 Å². The number of rotatable bonds is 5. The molecule has 2 N–H and O–H groups in total.